The summed E-state index contributed by atoms with van der Waals surface area (Å²) < 4.78 is 23.0. The van der Waals surface area contributed by atoms with E-state index in [-0.39, 0.29) is 28.5 Å². The van der Waals surface area contributed by atoms with Gasteiger partial charge in [0, 0.05) is 14.1 Å². The molecule has 4 aromatic rings. The topological polar surface area (TPSA) is 191 Å². The molecule has 15 nitrogen and oxygen atoms in total. The SMILES string of the molecule is CN(C)c1nnc(NNC(=O)[C@@H]2O[C@H](COC(=O)c3ccccc3)C(OC(=O)c3ccccc3)[C@H]2OC(=O)c2ccccc2)c(=O)[nH]1. The van der Waals surface area contributed by atoms with E-state index < -0.39 is 60.4 Å². The monoisotopic (exact) mass is 642 g/mol. The second-order valence-electron chi connectivity index (χ2n) is 10.4. The number of H-pyrrole nitrogens is 1. The van der Waals surface area contributed by atoms with Crippen molar-refractivity contribution in [3.05, 3.63) is 118 Å². The molecule has 242 valence electrons. The quantitative estimate of drug-likeness (QED) is 0.122. The van der Waals surface area contributed by atoms with Gasteiger partial charge >= 0.3 is 17.9 Å². The fraction of sp³-hybridized carbons (Fsp3) is 0.219. The van der Waals surface area contributed by atoms with Crippen LogP contribution in [0.3, 0.4) is 0 Å². The maximum atomic E-state index is 13.5. The van der Waals surface area contributed by atoms with Crippen molar-refractivity contribution in [1.82, 2.24) is 20.6 Å². The van der Waals surface area contributed by atoms with Crippen molar-refractivity contribution in [2.45, 2.75) is 24.4 Å². The van der Waals surface area contributed by atoms with Crippen LogP contribution < -0.4 is 21.3 Å². The van der Waals surface area contributed by atoms with Gasteiger partial charge in [0.1, 0.15) is 12.7 Å². The highest BCUT2D eigenvalue weighted by atomic mass is 16.7. The number of carbonyl (C=O) groups is 4. The minimum atomic E-state index is -1.61. The Balaban J connectivity index is 1.42. The molecule has 47 heavy (non-hydrogen) atoms. The molecule has 1 aromatic heterocycles. The predicted octanol–water partition coefficient (Wildman–Crippen LogP) is 1.75. The molecule has 3 N–H and O–H groups in total. The number of hydrazine groups is 1. The van der Waals surface area contributed by atoms with Crippen LogP contribution in [0.5, 0.6) is 0 Å². The number of ether oxygens (including phenoxy) is 4. The van der Waals surface area contributed by atoms with Crippen molar-refractivity contribution in [2.24, 2.45) is 0 Å². The molecule has 2 heterocycles. The summed E-state index contributed by atoms with van der Waals surface area (Å²) in [6, 6.07) is 24.1. The molecule has 15 heteroatoms. The van der Waals surface area contributed by atoms with Crippen molar-refractivity contribution >= 4 is 35.6 Å². The summed E-state index contributed by atoms with van der Waals surface area (Å²) in [4.78, 5) is 69.2. The molecule has 0 radical (unpaired) electrons. The van der Waals surface area contributed by atoms with Crippen LogP contribution in [0.4, 0.5) is 11.8 Å². The Morgan fingerprint density at radius 1 is 0.766 bits per heavy atom. The first kappa shape index (κ1) is 32.3. The van der Waals surface area contributed by atoms with E-state index in [1.807, 2.05) is 0 Å². The number of rotatable bonds is 11. The third kappa shape index (κ3) is 7.96. The van der Waals surface area contributed by atoms with Gasteiger partial charge in [-0.1, -0.05) is 54.6 Å². The molecule has 1 aliphatic rings. The smallest absolute Gasteiger partial charge is 0.338 e. The number of nitrogens with zero attached hydrogens (tertiary/aromatic N) is 3. The number of esters is 3. The zero-order chi connectivity index (χ0) is 33.3. The predicted molar refractivity (Wildman–Crippen MR) is 165 cm³/mol. The first-order chi connectivity index (χ1) is 22.7. The molecule has 0 aliphatic carbocycles. The summed E-state index contributed by atoms with van der Waals surface area (Å²) in [7, 11) is 3.30. The molecule has 1 saturated heterocycles. The molecule has 4 atom stereocenters. The summed E-state index contributed by atoms with van der Waals surface area (Å²) in [5, 5.41) is 7.63. The Morgan fingerprint density at radius 2 is 1.28 bits per heavy atom. The Labute approximate surface area is 267 Å². The lowest BCUT2D eigenvalue weighted by Gasteiger charge is -2.24. The molecule has 5 rings (SSSR count). The highest BCUT2D eigenvalue weighted by Crippen LogP contribution is 2.29. The van der Waals surface area contributed by atoms with Gasteiger partial charge in [-0.15, -0.1) is 10.2 Å². The van der Waals surface area contributed by atoms with Crippen molar-refractivity contribution in [3.8, 4) is 0 Å². The molecular formula is C32H30N6O9. The number of aromatic nitrogens is 3. The molecular weight excluding hydrogens is 612 g/mol. The van der Waals surface area contributed by atoms with Gasteiger partial charge in [-0.2, -0.15) is 0 Å². The van der Waals surface area contributed by atoms with E-state index >= 15 is 0 Å². The van der Waals surface area contributed by atoms with Crippen LogP contribution in [-0.4, -0.2) is 84.1 Å². The van der Waals surface area contributed by atoms with Crippen molar-refractivity contribution in [2.75, 3.05) is 31.0 Å². The van der Waals surface area contributed by atoms with Crippen LogP contribution in [0, 0.1) is 0 Å². The number of carbonyl (C=O) groups excluding carboxylic acids is 4. The molecule has 0 saturated carbocycles. The molecule has 0 bridgehead atoms. The van der Waals surface area contributed by atoms with E-state index in [1.54, 1.807) is 80.8 Å². The first-order valence-electron chi connectivity index (χ1n) is 14.3. The van der Waals surface area contributed by atoms with Gasteiger partial charge in [-0.25, -0.2) is 14.4 Å². The van der Waals surface area contributed by atoms with Gasteiger partial charge in [-0.3, -0.25) is 25.4 Å². The fourth-order valence-corrected chi connectivity index (χ4v) is 4.49. The summed E-state index contributed by atoms with van der Waals surface area (Å²) >= 11 is 0. The van der Waals surface area contributed by atoms with Crippen LogP contribution in [0.25, 0.3) is 0 Å². The molecule has 1 unspecified atom stereocenters. The highest BCUT2D eigenvalue weighted by Gasteiger charge is 2.53. The average molecular weight is 643 g/mol. The molecule has 1 amide bonds. The summed E-state index contributed by atoms with van der Waals surface area (Å²) in [5.74, 6) is -3.44. The van der Waals surface area contributed by atoms with Crippen LogP contribution >= 0.6 is 0 Å². The largest absolute Gasteiger partial charge is 0.459 e. The van der Waals surface area contributed by atoms with Crippen LogP contribution in [0.15, 0.2) is 95.8 Å². The maximum absolute atomic E-state index is 13.5. The summed E-state index contributed by atoms with van der Waals surface area (Å²) in [6.45, 7) is -0.478. The number of amides is 1. The molecule has 0 spiro atoms. The van der Waals surface area contributed by atoms with Crippen LogP contribution in [-0.2, 0) is 23.7 Å². The van der Waals surface area contributed by atoms with Gasteiger partial charge < -0.3 is 23.8 Å². The number of aromatic amines is 1. The van der Waals surface area contributed by atoms with E-state index in [0.29, 0.717) is 0 Å². The fourth-order valence-electron chi connectivity index (χ4n) is 4.49. The van der Waals surface area contributed by atoms with Crippen molar-refractivity contribution < 1.29 is 38.1 Å². The lowest BCUT2D eigenvalue weighted by molar-refractivity contribution is -0.136. The molecule has 3 aromatic carbocycles. The van der Waals surface area contributed by atoms with Gasteiger partial charge in [0.15, 0.2) is 18.3 Å². The van der Waals surface area contributed by atoms with E-state index in [0.717, 1.165) is 0 Å². The third-order valence-electron chi connectivity index (χ3n) is 6.87. The maximum Gasteiger partial charge on any atom is 0.338 e. The van der Waals surface area contributed by atoms with Crippen molar-refractivity contribution in [1.29, 1.82) is 0 Å². The van der Waals surface area contributed by atoms with E-state index in [9.17, 15) is 24.0 Å². The number of hydrogen-bond donors (Lipinski definition) is 3. The Morgan fingerprint density at radius 3 is 1.79 bits per heavy atom. The zero-order valence-electron chi connectivity index (χ0n) is 25.2. The Kier molecular flexibility index (Phi) is 10.2. The van der Waals surface area contributed by atoms with E-state index in [2.05, 4.69) is 26.0 Å². The highest BCUT2D eigenvalue weighted by molar-refractivity contribution is 5.92. The number of anilines is 2. The van der Waals surface area contributed by atoms with Gasteiger partial charge in [0.2, 0.25) is 11.8 Å². The Bertz CT molecular complexity index is 1770. The molecule has 1 aliphatic heterocycles. The van der Waals surface area contributed by atoms with Crippen molar-refractivity contribution in [3.63, 3.8) is 0 Å². The molecule has 1 fully saturated rings. The summed E-state index contributed by atoms with van der Waals surface area (Å²) in [6.07, 6.45) is -5.82. The lowest BCUT2D eigenvalue weighted by atomic mass is 10.1. The van der Waals surface area contributed by atoms with Gasteiger partial charge in [0.05, 0.1) is 16.7 Å². The normalized spacial score (nSPS) is 18.4. The Hall–Kier alpha value is -6.09. The number of nitrogens with one attached hydrogen (secondary N) is 3. The van der Waals surface area contributed by atoms with Gasteiger partial charge in [-0.05, 0) is 36.4 Å². The zero-order valence-corrected chi connectivity index (χ0v) is 25.2. The minimum absolute atomic E-state index is 0.152. The van der Waals surface area contributed by atoms with Gasteiger partial charge in [0.25, 0.3) is 11.5 Å². The minimum Gasteiger partial charge on any atom is -0.459 e. The second kappa shape index (κ2) is 14.8. The standard InChI is InChI=1S/C32H30N6O9/c1-38(2)32-33-28(40)26(35-37-32)34-36-27(39)25-24(47-31(43)21-16-10-5-11-17-21)23(46-30(42)20-14-8-4-9-15-20)22(45-25)18-44-29(41)19-12-6-3-7-13-19/h3-17,22-25H,18H2,1-2H3,(H,34,35)(H,36,39)(H,33,37,40)/t22-,23?,24-,25-/m1/s1. The first-order valence-corrected chi connectivity index (χ1v) is 14.3. The summed E-state index contributed by atoms with van der Waals surface area (Å²) in [5.41, 5.74) is 4.57. The van der Waals surface area contributed by atoms with E-state index in [4.69, 9.17) is 18.9 Å². The average Bonchev–Trinajstić information content (AvgIpc) is 3.43. The number of hydrogen-bond acceptors (Lipinski definition) is 13. The van der Waals surface area contributed by atoms with Crippen LogP contribution in [0.2, 0.25) is 0 Å². The third-order valence-corrected chi connectivity index (χ3v) is 6.87. The number of benzene rings is 3. The lowest BCUT2D eigenvalue weighted by Crippen LogP contribution is -2.48. The van der Waals surface area contributed by atoms with E-state index in [1.165, 1.54) is 29.2 Å². The van der Waals surface area contributed by atoms with Crippen LogP contribution in [0.1, 0.15) is 31.1 Å². The second-order valence-corrected chi connectivity index (χ2v) is 10.4.